The zero-order chi connectivity index (χ0) is 17.6. The van der Waals surface area contributed by atoms with Gasteiger partial charge in [-0.1, -0.05) is 22.0 Å². The van der Waals surface area contributed by atoms with Crippen molar-refractivity contribution in [1.82, 2.24) is 19.9 Å². The van der Waals surface area contributed by atoms with E-state index < -0.39 is 9.84 Å². The predicted octanol–water partition coefficient (Wildman–Crippen LogP) is 2.68. The minimum atomic E-state index is -3.37. The number of nitrogens with zero attached hydrogens (tertiary/aromatic N) is 3. The minimum absolute atomic E-state index is 0.0831. The summed E-state index contributed by atoms with van der Waals surface area (Å²) < 4.78 is 24.3. The normalized spacial score (nSPS) is 15.4. The molecule has 0 saturated carbocycles. The second-order valence-corrected chi connectivity index (χ2v) is 9.10. The monoisotopic (exact) mass is 420 g/mol. The number of hydrogen-bond donors (Lipinski definition) is 1. The molecule has 3 heterocycles. The van der Waals surface area contributed by atoms with Gasteiger partial charge in [0.15, 0.2) is 0 Å². The van der Waals surface area contributed by atoms with E-state index in [2.05, 4.69) is 41.8 Å². The lowest BCUT2D eigenvalue weighted by atomic mass is 10.1. The van der Waals surface area contributed by atoms with Crippen LogP contribution in [-0.2, 0) is 29.3 Å². The van der Waals surface area contributed by atoms with Crippen LogP contribution in [0.4, 0.5) is 0 Å². The Hall–Kier alpha value is -1.77. The van der Waals surface area contributed by atoms with Gasteiger partial charge < -0.3 is 4.98 Å². The fourth-order valence-corrected chi connectivity index (χ4v) is 4.38. The standard InChI is InChI=1S/C17H17BrN4O2S/c1-25(23,24)17-20-7-11-9-22(6-5-14(11)21-17)10-12-8-19-15-4-2-3-13(18)16(12)15/h2-4,7-8,19H,5-6,9-10H2,1H3. The molecule has 0 bridgehead atoms. The van der Waals surface area contributed by atoms with Crippen LogP contribution >= 0.6 is 15.9 Å². The molecule has 1 aliphatic rings. The maximum Gasteiger partial charge on any atom is 0.246 e. The van der Waals surface area contributed by atoms with Crippen molar-refractivity contribution < 1.29 is 8.42 Å². The third kappa shape index (κ3) is 3.21. The Balaban J connectivity index is 1.58. The van der Waals surface area contributed by atoms with Crippen molar-refractivity contribution in [1.29, 1.82) is 0 Å². The maximum atomic E-state index is 11.6. The van der Waals surface area contributed by atoms with E-state index in [-0.39, 0.29) is 5.16 Å². The van der Waals surface area contributed by atoms with E-state index in [1.165, 1.54) is 10.9 Å². The van der Waals surface area contributed by atoms with Gasteiger partial charge in [-0.3, -0.25) is 4.90 Å². The number of hydrogen-bond acceptors (Lipinski definition) is 5. The number of H-pyrrole nitrogens is 1. The number of benzene rings is 1. The maximum absolute atomic E-state index is 11.6. The third-order valence-electron chi connectivity index (χ3n) is 4.45. The van der Waals surface area contributed by atoms with E-state index in [1.807, 2.05) is 18.3 Å². The predicted molar refractivity (Wildman–Crippen MR) is 99.0 cm³/mol. The van der Waals surface area contributed by atoms with E-state index in [0.29, 0.717) is 0 Å². The number of aromatic amines is 1. The molecular weight excluding hydrogens is 404 g/mol. The first-order chi connectivity index (χ1) is 11.9. The summed E-state index contributed by atoms with van der Waals surface area (Å²) in [5.74, 6) is 0. The molecule has 0 unspecified atom stereocenters. The first-order valence-electron chi connectivity index (χ1n) is 7.93. The van der Waals surface area contributed by atoms with Crippen LogP contribution < -0.4 is 0 Å². The highest BCUT2D eigenvalue weighted by molar-refractivity contribution is 9.10. The number of rotatable bonds is 3. The Labute approximate surface area is 154 Å². The molecule has 0 saturated heterocycles. The molecule has 0 aliphatic carbocycles. The highest BCUT2D eigenvalue weighted by Gasteiger charge is 2.22. The zero-order valence-corrected chi connectivity index (χ0v) is 16.1. The van der Waals surface area contributed by atoms with Gasteiger partial charge in [-0.2, -0.15) is 0 Å². The summed E-state index contributed by atoms with van der Waals surface area (Å²) in [5.41, 5.74) is 4.19. The molecule has 25 heavy (non-hydrogen) atoms. The summed E-state index contributed by atoms with van der Waals surface area (Å²) in [4.78, 5) is 13.9. The second kappa shape index (κ2) is 6.19. The van der Waals surface area contributed by atoms with Gasteiger partial charge in [0.05, 0.1) is 5.69 Å². The molecule has 130 valence electrons. The highest BCUT2D eigenvalue weighted by atomic mass is 79.9. The van der Waals surface area contributed by atoms with Crippen molar-refractivity contribution in [3.8, 4) is 0 Å². The van der Waals surface area contributed by atoms with Crippen LogP contribution in [0.3, 0.4) is 0 Å². The van der Waals surface area contributed by atoms with E-state index in [1.54, 1.807) is 6.20 Å². The SMILES string of the molecule is CS(=O)(=O)c1ncc2c(n1)CCN(Cc1c[nH]c3cccc(Br)c13)C2. The summed E-state index contributed by atoms with van der Waals surface area (Å²) >= 11 is 3.63. The Morgan fingerprint density at radius 3 is 3.00 bits per heavy atom. The van der Waals surface area contributed by atoms with Gasteiger partial charge in [0, 0.05) is 65.6 Å². The zero-order valence-electron chi connectivity index (χ0n) is 13.7. The van der Waals surface area contributed by atoms with Gasteiger partial charge in [0.25, 0.3) is 0 Å². The molecule has 0 atom stereocenters. The Bertz CT molecular complexity index is 1060. The van der Waals surface area contributed by atoms with E-state index in [9.17, 15) is 8.42 Å². The van der Waals surface area contributed by atoms with Crippen molar-refractivity contribution in [3.63, 3.8) is 0 Å². The summed E-state index contributed by atoms with van der Waals surface area (Å²) in [6.07, 6.45) is 5.56. The molecule has 0 amide bonds. The number of aromatic nitrogens is 3. The van der Waals surface area contributed by atoms with E-state index in [4.69, 9.17) is 0 Å². The Kier molecular flexibility index (Phi) is 4.13. The number of halogens is 1. The average molecular weight is 421 g/mol. The van der Waals surface area contributed by atoms with Crippen molar-refractivity contribution in [2.75, 3.05) is 12.8 Å². The van der Waals surface area contributed by atoms with Crippen LogP contribution in [0.15, 0.2) is 40.2 Å². The number of fused-ring (bicyclic) bond motifs is 2. The number of nitrogens with one attached hydrogen (secondary N) is 1. The molecule has 0 radical (unpaired) electrons. The molecule has 1 aliphatic heterocycles. The first kappa shape index (κ1) is 16.7. The largest absolute Gasteiger partial charge is 0.361 e. The summed E-state index contributed by atoms with van der Waals surface area (Å²) in [5, 5.41) is 1.12. The molecule has 4 rings (SSSR count). The third-order valence-corrected chi connectivity index (χ3v) is 5.97. The van der Waals surface area contributed by atoms with Gasteiger partial charge >= 0.3 is 0 Å². The van der Waals surface area contributed by atoms with Crippen molar-refractivity contribution in [3.05, 3.63) is 51.9 Å². The van der Waals surface area contributed by atoms with Crippen molar-refractivity contribution >= 4 is 36.7 Å². The number of sulfone groups is 1. The van der Waals surface area contributed by atoms with Crippen LogP contribution in [0.5, 0.6) is 0 Å². The first-order valence-corrected chi connectivity index (χ1v) is 10.6. The molecule has 8 heteroatoms. The summed E-state index contributed by atoms with van der Waals surface area (Å²) in [7, 11) is -3.37. The molecule has 3 aromatic rings. The minimum Gasteiger partial charge on any atom is -0.361 e. The van der Waals surface area contributed by atoms with Gasteiger partial charge in [-0.25, -0.2) is 18.4 Å². The lowest BCUT2D eigenvalue weighted by Crippen LogP contribution is -2.31. The molecule has 1 N–H and O–H groups in total. The van der Waals surface area contributed by atoms with Crippen LogP contribution in [0, 0.1) is 0 Å². The highest BCUT2D eigenvalue weighted by Crippen LogP contribution is 2.29. The summed E-state index contributed by atoms with van der Waals surface area (Å²) in [6.45, 7) is 2.37. The van der Waals surface area contributed by atoms with E-state index >= 15 is 0 Å². The lowest BCUT2D eigenvalue weighted by Gasteiger charge is -2.27. The fraction of sp³-hybridized carbons (Fsp3) is 0.294. The smallest absolute Gasteiger partial charge is 0.246 e. The topological polar surface area (TPSA) is 79.0 Å². The fourth-order valence-electron chi connectivity index (χ4n) is 3.24. The van der Waals surface area contributed by atoms with E-state index in [0.717, 1.165) is 53.6 Å². The Morgan fingerprint density at radius 1 is 1.36 bits per heavy atom. The van der Waals surface area contributed by atoms with Crippen molar-refractivity contribution in [2.45, 2.75) is 24.7 Å². The van der Waals surface area contributed by atoms with Gasteiger partial charge in [0.1, 0.15) is 0 Å². The van der Waals surface area contributed by atoms with Crippen LogP contribution in [0.25, 0.3) is 10.9 Å². The van der Waals surface area contributed by atoms with Crippen LogP contribution in [0.1, 0.15) is 16.8 Å². The second-order valence-electron chi connectivity index (χ2n) is 6.33. The summed E-state index contributed by atoms with van der Waals surface area (Å²) in [6, 6.07) is 6.13. The van der Waals surface area contributed by atoms with Gasteiger partial charge in [0.2, 0.25) is 15.0 Å². The molecule has 0 fully saturated rings. The molecular formula is C17H17BrN4O2S. The van der Waals surface area contributed by atoms with Crippen LogP contribution in [-0.4, -0.2) is 41.1 Å². The molecule has 6 nitrogen and oxygen atoms in total. The average Bonchev–Trinajstić information content (AvgIpc) is 2.98. The Morgan fingerprint density at radius 2 is 2.20 bits per heavy atom. The molecule has 1 aromatic carbocycles. The molecule has 2 aromatic heterocycles. The lowest BCUT2D eigenvalue weighted by molar-refractivity contribution is 0.243. The quantitative estimate of drug-likeness (QED) is 0.658. The van der Waals surface area contributed by atoms with Crippen molar-refractivity contribution in [2.24, 2.45) is 0 Å². The van der Waals surface area contributed by atoms with Gasteiger partial charge in [-0.05, 0) is 17.7 Å². The van der Waals surface area contributed by atoms with Crippen LogP contribution in [0.2, 0.25) is 0 Å². The molecule has 0 spiro atoms. The van der Waals surface area contributed by atoms with Gasteiger partial charge in [-0.15, -0.1) is 0 Å².